The highest BCUT2D eigenvalue weighted by Gasteiger charge is 2.26. The maximum absolute atomic E-state index is 13.7. The van der Waals surface area contributed by atoms with Crippen LogP contribution in [0.5, 0.6) is 0 Å². The molecule has 1 fully saturated rings. The van der Waals surface area contributed by atoms with E-state index >= 15 is 0 Å². The molecule has 0 amide bonds. The van der Waals surface area contributed by atoms with Crippen molar-refractivity contribution in [3.63, 3.8) is 0 Å². The van der Waals surface area contributed by atoms with Crippen molar-refractivity contribution in [2.24, 2.45) is 0 Å². The summed E-state index contributed by atoms with van der Waals surface area (Å²) in [6, 6.07) is 5.18. The highest BCUT2D eigenvalue weighted by atomic mass is 19.1. The molecule has 2 heterocycles. The Bertz CT molecular complexity index is 547. The van der Waals surface area contributed by atoms with Crippen LogP contribution >= 0.6 is 0 Å². The molecule has 1 aromatic carbocycles. The van der Waals surface area contributed by atoms with Crippen molar-refractivity contribution in [1.82, 2.24) is 10.2 Å². The lowest BCUT2D eigenvalue weighted by atomic mass is 9.92. The standard InChI is InChI=1S/C16H20FN3O/c17-15-3-2-13-12(14(15)10-18)4-9-21-16(13)11-20-7-1-5-19-6-8-20/h2-3,16,19H,1,4-9,11H2. The lowest BCUT2D eigenvalue weighted by Crippen LogP contribution is -2.34. The second-order valence-corrected chi connectivity index (χ2v) is 5.62. The number of fused-ring (bicyclic) bond motifs is 1. The lowest BCUT2D eigenvalue weighted by Gasteiger charge is -2.31. The number of halogens is 1. The van der Waals surface area contributed by atoms with Gasteiger partial charge in [-0.1, -0.05) is 6.07 Å². The third-order valence-electron chi connectivity index (χ3n) is 4.28. The van der Waals surface area contributed by atoms with Crippen LogP contribution in [-0.4, -0.2) is 44.2 Å². The van der Waals surface area contributed by atoms with Gasteiger partial charge in [0.05, 0.1) is 18.3 Å². The second-order valence-electron chi connectivity index (χ2n) is 5.62. The molecule has 3 rings (SSSR count). The molecule has 1 unspecified atom stereocenters. The summed E-state index contributed by atoms with van der Waals surface area (Å²) in [5.41, 5.74) is 2.01. The van der Waals surface area contributed by atoms with Crippen molar-refractivity contribution in [3.8, 4) is 6.07 Å². The summed E-state index contributed by atoms with van der Waals surface area (Å²) in [5.74, 6) is -0.420. The predicted octanol–water partition coefficient (Wildman–Crippen LogP) is 1.61. The Morgan fingerprint density at radius 1 is 1.38 bits per heavy atom. The number of nitrogens with zero attached hydrogens (tertiary/aromatic N) is 2. The van der Waals surface area contributed by atoms with Crippen LogP contribution in [0.15, 0.2) is 12.1 Å². The smallest absolute Gasteiger partial charge is 0.141 e. The molecule has 0 radical (unpaired) electrons. The van der Waals surface area contributed by atoms with Crippen LogP contribution in [0.4, 0.5) is 4.39 Å². The van der Waals surface area contributed by atoms with Crippen LogP contribution in [-0.2, 0) is 11.2 Å². The van der Waals surface area contributed by atoms with E-state index in [1.807, 2.05) is 6.07 Å². The Kier molecular flexibility index (Phi) is 4.49. The van der Waals surface area contributed by atoms with E-state index in [0.717, 1.165) is 50.3 Å². The minimum Gasteiger partial charge on any atom is -0.372 e. The molecule has 4 nitrogen and oxygen atoms in total. The maximum Gasteiger partial charge on any atom is 0.141 e. The van der Waals surface area contributed by atoms with E-state index in [1.165, 1.54) is 6.07 Å². The Hall–Kier alpha value is -1.48. The van der Waals surface area contributed by atoms with Crippen molar-refractivity contribution in [3.05, 3.63) is 34.6 Å². The van der Waals surface area contributed by atoms with E-state index < -0.39 is 5.82 Å². The first-order valence-corrected chi connectivity index (χ1v) is 7.55. The van der Waals surface area contributed by atoms with Crippen molar-refractivity contribution in [1.29, 1.82) is 5.26 Å². The van der Waals surface area contributed by atoms with Crippen LogP contribution in [0.25, 0.3) is 0 Å². The molecule has 0 aromatic heterocycles. The number of nitriles is 1. The van der Waals surface area contributed by atoms with Gasteiger partial charge in [-0.25, -0.2) is 4.39 Å². The minimum atomic E-state index is -0.420. The minimum absolute atomic E-state index is 0.0560. The molecule has 1 saturated heterocycles. The Morgan fingerprint density at radius 3 is 3.14 bits per heavy atom. The van der Waals surface area contributed by atoms with Crippen LogP contribution in [0, 0.1) is 17.1 Å². The Morgan fingerprint density at radius 2 is 2.29 bits per heavy atom. The van der Waals surface area contributed by atoms with Gasteiger partial charge in [0.2, 0.25) is 0 Å². The maximum atomic E-state index is 13.7. The summed E-state index contributed by atoms with van der Waals surface area (Å²) in [4.78, 5) is 2.38. The summed E-state index contributed by atoms with van der Waals surface area (Å²) in [5, 5.41) is 12.6. The van der Waals surface area contributed by atoms with Gasteiger partial charge in [-0.2, -0.15) is 5.26 Å². The summed E-state index contributed by atoms with van der Waals surface area (Å²) in [6.07, 6.45) is 1.69. The average Bonchev–Trinajstić information content (AvgIpc) is 2.76. The highest BCUT2D eigenvalue weighted by Crippen LogP contribution is 2.31. The molecule has 0 aliphatic carbocycles. The zero-order valence-corrected chi connectivity index (χ0v) is 12.1. The molecule has 1 aromatic rings. The van der Waals surface area contributed by atoms with Gasteiger partial charge in [0.15, 0.2) is 0 Å². The van der Waals surface area contributed by atoms with Crippen LogP contribution in [0.1, 0.15) is 29.2 Å². The van der Waals surface area contributed by atoms with E-state index in [0.29, 0.717) is 13.0 Å². The topological polar surface area (TPSA) is 48.3 Å². The van der Waals surface area contributed by atoms with Crippen molar-refractivity contribution >= 4 is 0 Å². The number of rotatable bonds is 2. The van der Waals surface area contributed by atoms with Gasteiger partial charge in [-0.05, 0) is 43.1 Å². The summed E-state index contributed by atoms with van der Waals surface area (Å²) < 4.78 is 19.6. The van der Waals surface area contributed by atoms with Gasteiger partial charge < -0.3 is 10.1 Å². The SMILES string of the molecule is N#Cc1c(F)ccc2c1CCOC2CN1CCCNCC1. The van der Waals surface area contributed by atoms with Gasteiger partial charge in [0.1, 0.15) is 11.9 Å². The lowest BCUT2D eigenvalue weighted by molar-refractivity contribution is 0.0170. The van der Waals surface area contributed by atoms with Gasteiger partial charge in [-0.15, -0.1) is 0 Å². The van der Waals surface area contributed by atoms with E-state index in [4.69, 9.17) is 10.00 Å². The van der Waals surface area contributed by atoms with Gasteiger partial charge >= 0.3 is 0 Å². The Balaban J connectivity index is 1.82. The van der Waals surface area contributed by atoms with Crippen molar-refractivity contribution in [2.45, 2.75) is 18.9 Å². The molecule has 0 saturated carbocycles. The quantitative estimate of drug-likeness (QED) is 0.898. The highest BCUT2D eigenvalue weighted by molar-refractivity contribution is 5.46. The molecule has 112 valence electrons. The monoisotopic (exact) mass is 289 g/mol. The zero-order valence-electron chi connectivity index (χ0n) is 12.1. The molecule has 2 aliphatic rings. The fourth-order valence-corrected chi connectivity index (χ4v) is 3.19. The number of benzene rings is 1. The first-order chi connectivity index (χ1) is 10.3. The molecule has 5 heteroatoms. The number of hydrogen-bond acceptors (Lipinski definition) is 4. The zero-order chi connectivity index (χ0) is 14.7. The van der Waals surface area contributed by atoms with E-state index in [1.54, 1.807) is 6.07 Å². The third-order valence-corrected chi connectivity index (χ3v) is 4.28. The van der Waals surface area contributed by atoms with Crippen LogP contribution in [0.3, 0.4) is 0 Å². The summed E-state index contributed by atoms with van der Waals surface area (Å²) in [6.45, 7) is 5.47. The first kappa shape index (κ1) is 14.5. The van der Waals surface area contributed by atoms with Crippen LogP contribution < -0.4 is 5.32 Å². The van der Waals surface area contributed by atoms with E-state index in [9.17, 15) is 4.39 Å². The van der Waals surface area contributed by atoms with Gasteiger partial charge in [-0.3, -0.25) is 4.90 Å². The average molecular weight is 289 g/mol. The molecule has 2 aliphatic heterocycles. The van der Waals surface area contributed by atoms with E-state index in [-0.39, 0.29) is 11.7 Å². The fraction of sp³-hybridized carbons (Fsp3) is 0.562. The molecule has 0 spiro atoms. The second kappa shape index (κ2) is 6.52. The Labute approximate surface area is 124 Å². The van der Waals surface area contributed by atoms with Gasteiger partial charge in [0, 0.05) is 19.6 Å². The summed E-state index contributed by atoms with van der Waals surface area (Å²) in [7, 11) is 0. The molecular weight excluding hydrogens is 269 g/mol. The normalized spacial score (nSPS) is 23.1. The number of ether oxygens (including phenoxy) is 1. The molecule has 21 heavy (non-hydrogen) atoms. The van der Waals surface area contributed by atoms with Crippen LogP contribution in [0.2, 0.25) is 0 Å². The number of nitrogens with one attached hydrogen (secondary N) is 1. The van der Waals surface area contributed by atoms with Crippen molar-refractivity contribution in [2.75, 3.05) is 39.3 Å². The molecule has 0 bridgehead atoms. The predicted molar refractivity (Wildman–Crippen MR) is 77.4 cm³/mol. The molecular formula is C16H20FN3O. The molecule has 1 N–H and O–H groups in total. The summed E-state index contributed by atoms with van der Waals surface area (Å²) >= 11 is 0. The first-order valence-electron chi connectivity index (χ1n) is 7.55. The van der Waals surface area contributed by atoms with E-state index in [2.05, 4.69) is 10.2 Å². The van der Waals surface area contributed by atoms with Gasteiger partial charge in [0.25, 0.3) is 0 Å². The van der Waals surface area contributed by atoms with Crippen molar-refractivity contribution < 1.29 is 9.13 Å². The molecule has 1 atom stereocenters. The largest absolute Gasteiger partial charge is 0.372 e. The fourth-order valence-electron chi connectivity index (χ4n) is 3.19. The number of hydrogen-bond donors (Lipinski definition) is 1. The third kappa shape index (κ3) is 3.08.